The molecule has 0 amide bonds. The Labute approximate surface area is 196 Å². The number of piperidine rings is 1. The van der Waals surface area contributed by atoms with Crippen LogP contribution in [0.5, 0.6) is 0 Å². The second-order valence-corrected chi connectivity index (χ2v) is 7.72. The van der Waals surface area contributed by atoms with Crippen molar-refractivity contribution in [2.45, 2.75) is 38.9 Å². The topological polar surface area (TPSA) is 141 Å². The molecule has 1 saturated heterocycles. The molecule has 0 radical (unpaired) electrons. The second kappa shape index (κ2) is 12.0. The number of halogens is 1. The maximum atomic E-state index is 15.0. The first-order chi connectivity index (χ1) is 16.4. The number of nitrogens with two attached hydrogens (primary N) is 1. The Bertz CT molecular complexity index is 1010. The number of ether oxygens (including phenoxy) is 3. The van der Waals surface area contributed by atoms with E-state index in [1.807, 2.05) is 4.90 Å². The summed E-state index contributed by atoms with van der Waals surface area (Å²) < 4.78 is 30.4. The highest BCUT2D eigenvalue weighted by atomic mass is 19.1. The molecule has 1 aliphatic rings. The second-order valence-electron chi connectivity index (χ2n) is 7.72. The normalized spacial score (nSPS) is 14.0. The van der Waals surface area contributed by atoms with Crippen molar-refractivity contribution in [1.29, 1.82) is 5.41 Å². The lowest BCUT2D eigenvalue weighted by Crippen LogP contribution is -2.38. The zero-order chi connectivity index (χ0) is 24.5. The van der Waals surface area contributed by atoms with Crippen LogP contribution in [0.15, 0.2) is 30.6 Å². The number of nitrogens with one attached hydrogen (secondary N) is 1. The largest absolute Gasteiger partial charge is 0.464 e. The van der Waals surface area contributed by atoms with Gasteiger partial charge in [0.2, 0.25) is 5.95 Å². The number of carbonyl (C=O) groups excluding carboxylic acids is 2. The summed E-state index contributed by atoms with van der Waals surface area (Å²) in [4.78, 5) is 33.8. The van der Waals surface area contributed by atoms with E-state index in [0.717, 1.165) is 12.8 Å². The number of nitrogens with zero attached hydrogens (tertiary/aromatic N) is 3. The molecule has 0 aliphatic carbocycles. The fraction of sp³-hybridized carbons (Fsp3) is 0.435. The first kappa shape index (κ1) is 25.0. The lowest BCUT2D eigenvalue weighted by molar-refractivity contribution is -0.151. The van der Waals surface area contributed by atoms with Crippen LogP contribution in [-0.4, -0.2) is 60.1 Å². The Balaban J connectivity index is 1.57. The molecule has 2 heterocycles. The Morgan fingerprint density at radius 2 is 1.88 bits per heavy atom. The molecule has 182 valence electrons. The van der Waals surface area contributed by atoms with Crippen LogP contribution in [0.1, 0.15) is 31.7 Å². The molecule has 0 bridgehead atoms. The molecular weight excluding hydrogens is 445 g/mol. The third kappa shape index (κ3) is 6.95. The zero-order valence-electron chi connectivity index (χ0n) is 19.0. The smallest absolute Gasteiger partial charge is 0.332 e. The molecule has 3 rings (SSSR count). The molecule has 10 nitrogen and oxygen atoms in total. The average molecular weight is 474 g/mol. The van der Waals surface area contributed by atoms with Crippen molar-refractivity contribution in [2.75, 3.05) is 31.2 Å². The highest BCUT2D eigenvalue weighted by Gasteiger charge is 2.22. The molecule has 3 N–H and O–H groups in total. The highest BCUT2D eigenvalue weighted by molar-refractivity contribution is 5.94. The van der Waals surface area contributed by atoms with E-state index in [9.17, 15) is 14.0 Å². The number of aromatic nitrogens is 2. The van der Waals surface area contributed by atoms with E-state index < -0.39 is 11.8 Å². The monoisotopic (exact) mass is 473 g/mol. The third-order valence-corrected chi connectivity index (χ3v) is 5.22. The molecule has 0 atom stereocenters. The minimum Gasteiger partial charge on any atom is -0.464 e. The lowest BCUT2D eigenvalue weighted by Gasteiger charge is -2.31. The van der Waals surface area contributed by atoms with E-state index >= 15 is 0 Å². The van der Waals surface area contributed by atoms with E-state index in [4.69, 9.17) is 25.4 Å². The fourth-order valence-corrected chi connectivity index (χ4v) is 3.51. The van der Waals surface area contributed by atoms with Gasteiger partial charge in [-0.05, 0) is 19.8 Å². The van der Waals surface area contributed by atoms with E-state index in [1.165, 1.54) is 6.07 Å². The highest BCUT2D eigenvalue weighted by Crippen LogP contribution is 2.26. The molecule has 1 aromatic heterocycles. The summed E-state index contributed by atoms with van der Waals surface area (Å²) in [6.07, 6.45) is 4.19. The number of anilines is 1. The minimum atomic E-state index is -0.694. The van der Waals surface area contributed by atoms with Gasteiger partial charge in [-0.2, -0.15) is 0 Å². The van der Waals surface area contributed by atoms with Crippen LogP contribution in [-0.2, 0) is 30.4 Å². The van der Waals surface area contributed by atoms with Crippen LogP contribution < -0.4 is 10.6 Å². The van der Waals surface area contributed by atoms with Gasteiger partial charge < -0.3 is 24.8 Å². The number of amidine groups is 1. The van der Waals surface area contributed by atoms with Gasteiger partial charge in [-0.3, -0.25) is 10.2 Å². The van der Waals surface area contributed by atoms with Gasteiger partial charge in [-0.25, -0.2) is 19.2 Å². The number of hydrogen-bond acceptors (Lipinski definition) is 9. The first-order valence-corrected chi connectivity index (χ1v) is 11.0. The Morgan fingerprint density at radius 3 is 2.53 bits per heavy atom. The van der Waals surface area contributed by atoms with Gasteiger partial charge in [0.25, 0.3) is 0 Å². The minimum absolute atomic E-state index is 0.0266. The third-order valence-electron chi connectivity index (χ3n) is 5.22. The van der Waals surface area contributed by atoms with Crippen LogP contribution in [0.4, 0.5) is 10.3 Å². The van der Waals surface area contributed by atoms with Gasteiger partial charge in [0, 0.05) is 42.2 Å². The number of hydrogen-bond donors (Lipinski definition) is 2. The summed E-state index contributed by atoms with van der Waals surface area (Å²) in [5.74, 6) is -1.38. The summed E-state index contributed by atoms with van der Waals surface area (Å²) >= 11 is 0. The summed E-state index contributed by atoms with van der Waals surface area (Å²) in [5.41, 5.74) is 6.15. The predicted molar refractivity (Wildman–Crippen MR) is 122 cm³/mol. The Hall–Kier alpha value is -3.60. The van der Waals surface area contributed by atoms with Crippen LogP contribution >= 0.6 is 0 Å². The first-order valence-electron chi connectivity index (χ1n) is 11.0. The number of carbonyl (C=O) groups is 2. The summed E-state index contributed by atoms with van der Waals surface area (Å²) in [5, 5.41) is 7.11. The summed E-state index contributed by atoms with van der Waals surface area (Å²) in [6, 6.07) is 4.77. The molecule has 2 aromatic rings. The van der Waals surface area contributed by atoms with E-state index in [0.29, 0.717) is 31.2 Å². The molecular formula is C23H28FN5O5. The molecule has 1 fully saturated rings. The van der Waals surface area contributed by atoms with Crippen molar-refractivity contribution in [3.05, 3.63) is 42.0 Å². The average Bonchev–Trinajstić information content (AvgIpc) is 2.82. The van der Waals surface area contributed by atoms with Crippen molar-refractivity contribution in [3.8, 4) is 11.1 Å². The van der Waals surface area contributed by atoms with Crippen molar-refractivity contribution in [2.24, 2.45) is 5.73 Å². The summed E-state index contributed by atoms with van der Waals surface area (Å²) in [7, 11) is 0. The van der Waals surface area contributed by atoms with Crippen molar-refractivity contribution < 1.29 is 28.2 Å². The number of esters is 2. The van der Waals surface area contributed by atoms with Crippen LogP contribution in [0.25, 0.3) is 11.1 Å². The van der Waals surface area contributed by atoms with E-state index in [-0.39, 0.29) is 48.7 Å². The molecule has 0 spiro atoms. The van der Waals surface area contributed by atoms with E-state index in [1.54, 1.807) is 31.5 Å². The SMILES string of the molecule is CCOC(=O)COC1CCN(c2ncc(-c3cccc(COC(=O)CC(=N)N)c3F)cn2)CC1. The number of benzene rings is 1. The molecule has 1 aromatic carbocycles. The van der Waals surface area contributed by atoms with Gasteiger partial charge in [-0.1, -0.05) is 18.2 Å². The van der Waals surface area contributed by atoms with Crippen LogP contribution in [0.3, 0.4) is 0 Å². The predicted octanol–water partition coefficient (Wildman–Crippen LogP) is 2.20. The van der Waals surface area contributed by atoms with Gasteiger partial charge in [0.1, 0.15) is 31.3 Å². The standard InChI is InChI=1S/C23H28FN5O5/c1-2-32-21(31)14-33-17-6-8-29(9-7-17)23-27-11-16(12-28-23)18-5-3-4-15(22(18)24)13-34-20(30)10-19(25)26/h3-5,11-12,17H,2,6-10,13-14H2,1H3,(H3,25,26). The molecule has 0 saturated carbocycles. The maximum absolute atomic E-state index is 15.0. The van der Waals surface area contributed by atoms with Crippen molar-refractivity contribution in [1.82, 2.24) is 9.97 Å². The molecule has 34 heavy (non-hydrogen) atoms. The Kier molecular flexibility index (Phi) is 8.86. The van der Waals surface area contributed by atoms with Gasteiger partial charge in [-0.15, -0.1) is 0 Å². The van der Waals surface area contributed by atoms with Gasteiger partial charge >= 0.3 is 11.9 Å². The molecule has 1 aliphatic heterocycles. The van der Waals surface area contributed by atoms with Crippen molar-refractivity contribution in [3.63, 3.8) is 0 Å². The van der Waals surface area contributed by atoms with E-state index in [2.05, 4.69) is 9.97 Å². The molecule has 0 unspecified atom stereocenters. The van der Waals surface area contributed by atoms with Crippen LogP contribution in [0, 0.1) is 11.2 Å². The quantitative estimate of drug-likeness (QED) is 0.302. The Morgan fingerprint density at radius 1 is 1.18 bits per heavy atom. The lowest BCUT2D eigenvalue weighted by atomic mass is 10.0. The van der Waals surface area contributed by atoms with Gasteiger partial charge in [0.15, 0.2) is 0 Å². The van der Waals surface area contributed by atoms with Crippen molar-refractivity contribution >= 4 is 23.7 Å². The number of rotatable bonds is 10. The summed E-state index contributed by atoms with van der Waals surface area (Å²) in [6.45, 7) is 3.10. The van der Waals surface area contributed by atoms with Crippen LogP contribution in [0.2, 0.25) is 0 Å². The molecule has 11 heteroatoms. The fourth-order valence-electron chi connectivity index (χ4n) is 3.51. The van der Waals surface area contributed by atoms with Gasteiger partial charge in [0.05, 0.1) is 12.7 Å². The maximum Gasteiger partial charge on any atom is 0.332 e. The zero-order valence-corrected chi connectivity index (χ0v) is 19.0.